The molecule has 0 N–H and O–H groups in total. The Labute approximate surface area is 177 Å². The first-order chi connectivity index (χ1) is 13.3. The molecule has 0 saturated heterocycles. The summed E-state index contributed by atoms with van der Waals surface area (Å²) < 4.78 is 13.6. The van der Waals surface area contributed by atoms with Gasteiger partial charge in [-0.15, -0.1) is 0 Å². The van der Waals surface area contributed by atoms with Crippen LogP contribution in [0.15, 0.2) is 24.3 Å². The highest BCUT2D eigenvalue weighted by Crippen LogP contribution is 2.26. The summed E-state index contributed by atoms with van der Waals surface area (Å²) in [5.74, 6) is 0. The monoisotopic (exact) mass is 422 g/mol. The third kappa shape index (κ3) is 6.82. The predicted octanol–water partition coefficient (Wildman–Crippen LogP) is 6.48. The molecule has 0 aromatic heterocycles. The summed E-state index contributed by atoms with van der Waals surface area (Å²) in [5, 5.41) is 3.00. The fourth-order valence-corrected chi connectivity index (χ4v) is 14.0. The molecule has 0 amide bonds. The fourth-order valence-electron chi connectivity index (χ4n) is 4.80. The summed E-state index contributed by atoms with van der Waals surface area (Å²) in [6.45, 7) is 18.0. The molecule has 0 fully saturated rings. The average Bonchev–Trinajstić information content (AvgIpc) is 2.61. The molecule has 0 saturated carbocycles. The van der Waals surface area contributed by atoms with Gasteiger partial charge in [0.1, 0.15) is 0 Å². The smallest absolute Gasteiger partial charge is 0.224 e. The van der Waals surface area contributed by atoms with Crippen LogP contribution in [0.4, 0.5) is 0 Å². The third-order valence-electron chi connectivity index (χ3n) is 5.45. The summed E-state index contributed by atoms with van der Waals surface area (Å²) in [6.07, 6.45) is 5.34. The largest absolute Gasteiger partial charge is 0.410 e. The number of hydrogen-bond acceptors (Lipinski definition) is 2. The SMILES string of the molecule is CCC[Si](CCC)(OC(C)C)c1cccc([Si](CCC)(CCC)OC(C)C)c1. The molecule has 0 heterocycles. The van der Waals surface area contributed by atoms with Crippen LogP contribution in [0, 0.1) is 0 Å². The maximum absolute atomic E-state index is 6.79. The first kappa shape index (κ1) is 25.6. The first-order valence-electron chi connectivity index (χ1n) is 11.8. The minimum atomic E-state index is -1.96. The van der Waals surface area contributed by atoms with Gasteiger partial charge in [0.25, 0.3) is 0 Å². The fraction of sp³-hybridized carbons (Fsp3) is 0.750. The Hall–Kier alpha value is -0.426. The van der Waals surface area contributed by atoms with E-state index in [1.165, 1.54) is 60.2 Å². The van der Waals surface area contributed by atoms with Gasteiger partial charge in [-0.3, -0.25) is 0 Å². The molecule has 1 aromatic rings. The molecule has 4 heteroatoms. The second kappa shape index (κ2) is 12.3. The summed E-state index contributed by atoms with van der Waals surface area (Å²) in [6, 6.07) is 14.4. The highest BCUT2D eigenvalue weighted by molar-refractivity contribution is 6.89. The van der Waals surface area contributed by atoms with Crippen molar-refractivity contribution in [1.29, 1.82) is 0 Å². The van der Waals surface area contributed by atoms with Crippen LogP contribution in [0.25, 0.3) is 0 Å². The standard InChI is InChI=1S/C24H46O2Si2/c1-9-16-27(17-10-2,25-21(5)6)23-14-13-15-24(20-23)28(18-11-3,19-12-4)26-22(7)8/h13-15,20-22H,9-12,16-19H2,1-8H3. The quantitative estimate of drug-likeness (QED) is 0.319. The van der Waals surface area contributed by atoms with E-state index in [2.05, 4.69) is 79.7 Å². The molecular formula is C24H46O2Si2. The van der Waals surface area contributed by atoms with Crippen LogP contribution in [0.5, 0.6) is 0 Å². The molecule has 0 bridgehead atoms. The van der Waals surface area contributed by atoms with E-state index < -0.39 is 16.6 Å². The van der Waals surface area contributed by atoms with Crippen LogP contribution in [-0.2, 0) is 8.85 Å². The van der Waals surface area contributed by atoms with E-state index in [4.69, 9.17) is 8.85 Å². The Morgan fingerprint density at radius 2 is 0.964 bits per heavy atom. The number of benzene rings is 1. The molecule has 162 valence electrons. The van der Waals surface area contributed by atoms with E-state index in [0.717, 1.165) is 0 Å². The van der Waals surface area contributed by atoms with Gasteiger partial charge in [-0.05, 0) is 62.2 Å². The van der Waals surface area contributed by atoms with Gasteiger partial charge in [-0.25, -0.2) is 0 Å². The highest BCUT2D eigenvalue weighted by Gasteiger charge is 2.40. The van der Waals surface area contributed by atoms with Gasteiger partial charge < -0.3 is 8.85 Å². The Balaban J connectivity index is 3.52. The van der Waals surface area contributed by atoms with Crippen molar-refractivity contribution >= 4 is 27.0 Å². The summed E-state index contributed by atoms with van der Waals surface area (Å²) in [7, 11) is -3.93. The lowest BCUT2D eigenvalue weighted by atomic mass is 10.4. The molecule has 0 spiro atoms. The number of hydrogen-bond donors (Lipinski definition) is 0. The first-order valence-corrected chi connectivity index (χ1v) is 16.4. The second-order valence-corrected chi connectivity index (χ2v) is 16.5. The van der Waals surface area contributed by atoms with E-state index in [9.17, 15) is 0 Å². The van der Waals surface area contributed by atoms with E-state index in [1.54, 1.807) is 0 Å². The summed E-state index contributed by atoms with van der Waals surface area (Å²) in [4.78, 5) is 0. The van der Waals surface area contributed by atoms with Gasteiger partial charge >= 0.3 is 0 Å². The van der Waals surface area contributed by atoms with Crippen molar-refractivity contribution in [1.82, 2.24) is 0 Å². The topological polar surface area (TPSA) is 18.5 Å². The Kier molecular flexibility index (Phi) is 11.3. The average molecular weight is 423 g/mol. The van der Waals surface area contributed by atoms with Crippen LogP contribution in [-0.4, -0.2) is 28.8 Å². The van der Waals surface area contributed by atoms with Crippen LogP contribution in [0.3, 0.4) is 0 Å². The van der Waals surface area contributed by atoms with Gasteiger partial charge in [0, 0.05) is 12.2 Å². The minimum Gasteiger partial charge on any atom is -0.410 e. The van der Waals surface area contributed by atoms with Gasteiger partial charge in [0.05, 0.1) is 0 Å². The lowest BCUT2D eigenvalue weighted by molar-refractivity contribution is 0.230. The lowest BCUT2D eigenvalue weighted by Gasteiger charge is -2.37. The Morgan fingerprint density at radius 3 is 1.21 bits per heavy atom. The van der Waals surface area contributed by atoms with Crippen molar-refractivity contribution in [2.24, 2.45) is 0 Å². The van der Waals surface area contributed by atoms with Crippen molar-refractivity contribution in [2.75, 3.05) is 0 Å². The molecule has 0 atom stereocenters. The van der Waals surface area contributed by atoms with Gasteiger partial charge in [0.15, 0.2) is 0 Å². The summed E-state index contributed by atoms with van der Waals surface area (Å²) in [5.41, 5.74) is 0. The molecule has 2 nitrogen and oxygen atoms in total. The molecule has 0 aliphatic carbocycles. The van der Waals surface area contributed by atoms with Crippen molar-refractivity contribution in [3.05, 3.63) is 24.3 Å². The molecule has 0 radical (unpaired) electrons. The zero-order valence-corrected chi connectivity index (χ0v) is 21.9. The Bertz CT molecular complexity index is 500. The normalized spacial score (nSPS) is 12.9. The van der Waals surface area contributed by atoms with Crippen LogP contribution >= 0.6 is 0 Å². The lowest BCUT2D eigenvalue weighted by Crippen LogP contribution is -2.57. The predicted molar refractivity (Wildman–Crippen MR) is 130 cm³/mol. The van der Waals surface area contributed by atoms with Gasteiger partial charge in [-0.2, -0.15) is 0 Å². The zero-order chi connectivity index (χ0) is 21.2. The maximum Gasteiger partial charge on any atom is 0.224 e. The van der Waals surface area contributed by atoms with Crippen molar-refractivity contribution in [3.8, 4) is 0 Å². The van der Waals surface area contributed by atoms with E-state index in [1.807, 2.05) is 0 Å². The highest BCUT2D eigenvalue weighted by atomic mass is 28.4. The molecule has 0 aliphatic rings. The van der Waals surface area contributed by atoms with Crippen molar-refractivity contribution in [3.63, 3.8) is 0 Å². The summed E-state index contributed by atoms with van der Waals surface area (Å²) >= 11 is 0. The molecule has 1 rings (SSSR count). The molecule has 28 heavy (non-hydrogen) atoms. The molecule has 0 aliphatic heterocycles. The van der Waals surface area contributed by atoms with Crippen molar-refractivity contribution < 1.29 is 8.85 Å². The molecular weight excluding hydrogens is 376 g/mol. The van der Waals surface area contributed by atoms with Gasteiger partial charge in [-0.1, -0.05) is 77.6 Å². The van der Waals surface area contributed by atoms with E-state index in [0.29, 0.717) is 0 Å². The van der Waals surface area contributed by atoms with E-state index >= 15 is 0 Å². The van der Waals surface area contributed by atoms with Crippen LogP contribution in [0.1, 0.15) is 81.1 Å². The second-order valence-electron chi connectivity index (χ2n) is 8.90. The Morgan fingerprint density at radius 1 is 0.643 bits per heavy atom. The third-order valence-corrected chi connectivity index (χ3v) is 15.3. The molecule has 1 aromatic carbocycles. The van der Waals surface area contributed by atoms with Crippen LogP contribution < -0.4 is 10.4 Å². The van der Waals surface area contributed by atoms with Gasteiger partial charge in [0.2, 0.25) is 16.6 Å². The minimum absolute atomic E-state index is 0.286. The zero-order valence-electron chi connectivity index (χ0n) is 19.9. The maximum atomic E-state index is 6.79. The molecule has 0 unspecified atom stereocenters. The van der Waals surface area contributed by atoms with E-state index in [-0.39, 0.29) is 12.2 Å². The number of rotatable bonds is 14. The van der Waals surface area contributed by atoms with Crippen LogP contribution in [0.2, 0.25) is 24.2 Å². The van der Waals surface area contributed by atoms with Crippen molar-refractivity contribution in [2.45, 2.75) is 117 Å².